The van der Waals surface area contributed by atoms with E-state index in [1.165, 1.54) is 17.2 Å². The largest absolute Gasteiger partial charge is 0.366 e. The Labute approximate surface area is 202 Å². The molecule has 1 saturated carbocycles. The minimum atomic E-state index is -0.318. The van der Waals surface area contributed by atoms with Gasteiger partial charge in [0.1, 0.15) is 0 Å². The predicted molar refractivity (Wildman–Crippen MR) is 133 cm³/mol. The number of fused-ring (bicyclic) bond motifs is 1. The van der Waals surface area contributed by atoms with E-state index in [1.54, 1.807) is 18.2 Å². The van der Waals surface area contributed by atoms with E-state index in [0.29, 0.717) is 26.9 Å². The van der Waals surface area contributed by atoms with Crippen molar-refractivity contribution in [2.45, 2.75) is 31.8 Å². The molecular weight excluding hydrogens is 457 g/mol. The molecule has 168 valence electrons. The number of amides is 2. The fraction of sp³-hybridized carbons (Fsp3) is 0.231. The summed E-state index contributed by atoms with van der Waals surface area (Å²) in [5, 5.41) is 6.66. The number of carbonyl (C=O) groups excluding carboxylic acids is 2. The molecule has 0 bridgehead atoms. The van der Waals surface area contributed by atoms with Crippen LogP contribution in [0.25, 0.3) is 0 Å². The summed E-state index contributed by atoms with van der Waals surface area (Å²) < 4.78 is 0. The van der Waals surface area contributed by atoms with E-state index in [2.05, 4.69) is 33.7 Å². The first-order chi connectivity index (χ1) is 16.0. The first-order valence-corrected chi connectivity index (χ1v) is 11.8. The third-order valence-electron chi connectivity index (χ3n) is 6.06. The van der Waals surface area contributed by atoms with Crippen molar-refractivity contribution in [3.05, 3.63) is 93.0 Å². The predicted octanol–water partition coefficient (Wildman–Crippen LogP) is 5.70. The Hall–Kier alpha value is -3.02. The Morgan fingerprint density at radius 3 is 2.42 bits per heavy atom. The molecule has 3 aromatic rings. The summed E-state index contributed by atoms with van der Waals surface area (Å²) >= 11 is 12.0. The molecule has 0 saturated heterocycles. The van der Waals surface area contributed by atoms with Gasteiger partial charge in [-0.1, -0.05) is 47.5 Å². The highest BCUT2D eigenvalue weighted by atomic mass is 35.5. The van der Waals surface area contributed by atoms with Gasteiger partial charge in [-0.2, -0.15) is 0 Å². The van der Waals surface area contributed by atoms with Gasteiger partial charge >= 0.3 is 0 Å². The van der Waals surface area contributed by atoms with Crippen LogP contribution in [-0.2, 0) is 13.0 Å². The Morgan fingerprint density at radius 1 is 0.879 bits per heavy atom. The first kappa shape index (κ1) is 21.8. The van der Waals surface area contributed by atoms with Gasteiger partial charge in [0, 0.05) is 36.1 Å². The van der Waals surface area contributed by atoms with Crippen molar-refractivity contribution in [2.75, 3.05) is 16.8 Å². The van der Waals surface area contributed by atoms with Gasteiger partial charge in [-0.15, -0.1) is 0 Å². The Balaban J connectivity index is 1.43. The number of rotatable bonds is 5. The highest BCUT2D eigenvalue weighted by Crippen LogP contribution is 2.31. The molecular formula is C26H23Cl2N3O2. The zero-order valence-corrected chi connectivity index (χ0v) is 19.4. The molecule has 1 fully saturated rings. The summed E-state index contributed by atoms with van der Waals surface area (Å²) in [4.78, 5) is 28.1. The second-order valence-corrected chi connectivity index (χ2v) is 9.32. The average molecular weight is 480 g/mol. The zero-order valence-electron chi connectivity index (χ0n) is 17.9. The fourth-order valence-corrected chi connectivity index (χ4v) is 4.40. The molecule has 2 amide bonds. The van der Waals surface area contributed by atoms with E-state index in [1.807, 2.05) is 18.2 Å². The Kier molecular flexibility index (Phi) is 6.00. The molecule has 5 nitrogen and oxygen atoms in total. The van der Waals surface area contributed by atoms with Crippen LogP contribution in [0.2, 0.25) is 10.0 Å². The van der Waals surface area contributed by atoms with Crippen molar-refractivity contribution in [1.29, 1.82) is 0 Å². The molecule has 3 aromatic carbocycles. The van der Waals surface area contributed by atoms with E-state index < -0.39 is 0 Å². The van der Waals surface area contributed by atoms with Crippen molar-refractivity contribution in [1.82, 2.24) is 5.32 Å². The number of nitrogens with one attached hydrogen (secondary N) is 2. The van der Waals surface area contributed by atoms with E-state index in [-0.39, 0.29) is 17.9 Å². The van der Waals surface area contributed by atoms with E-state index in [4.69, 9.17) is 23.2 Å². The number of nitrogens with zero attached hydrogens (tertiary/aromatic N) is 1. The van der Waals surface area contributed by atoms with Gasteiger partial charge in [0.2, 0.25) is 0 Å². The molecule has 2 N–H and O–H groups in total. The number of hydrogen-bond donors (Lipinski definition) is 2. The number of benzene rings is 3. The second-order valence-electron chi connectivity index (χ2n) is 8.50. The van der Waals surface area contributed by atoms with Crippen molar-refractivity contribution in [2.24, 2.45) is 0 Å². The van der Waals surface area contributed by atoms with Gasteiger partial charge < -0.3 is 15.5 Å². The summed E-state index contributed by atoms with van der Waals surface area (Å²) in [5.41, 5.74) is 5.00. The van der Waals surface area contributed by atoms with Crippen molar-refractivity contribution in [3.63, 3.8) is 0 Å². The van der Waals surface area contributed by atoms with Gasteiger partial charge in [0.05, 0.1) is 15.6 Å². The highest BCUT2D eigenvalue weighted by molar-refractivity contribution is 6.42. The average Bonchev–Trinajstić information content (AvgIpc) is 3.64. The maximum atomic E-state index is 13.1. The van der Waals surface area contributed by atoms with E-state index in [9.17, 15) is 9.59 Å². The molecule has 0 atom stereocenters. The third kappa shape index (κ3) is 4.85. The Morgan fingerprint density at radius 2 is 1.67 bits per heavy atom. The normalized spacial score (nSPS) is 15.0. The summed E-state index contributed by atoms with van der Waals surface area (Å²) in [6.07, 6.45) is 2.94. The van der Waals surface area contributed by atoms with Crippen LogP contribution < -0.4 is 15.5 Å². The van der Waals surface area contributed by atoms with Crippen LogP contribution in [0.4, 0.5) is 11.4 Å². The minimum absolute atomic E-state index is 0.114. The summed E-state index contributed by atoms with van der Waals surface area (Å²) in [6, 6.07) is 18.9. The number of hydrogen-bond acceptors (Lipinski definition) is 3. The van der Waals surface area contributed by atoms with Gasteiger partial charge in [0.15, 0.2) is 0 Å². The standard InChI is InChI=1S/C26H23Cl2N3O2/c27-22-9-5-17(13-23(22)28)25(32)30-20-8-10-24(21(14-20)26(33)29-19-6-7-19)31-12-11-16-3-1-2-4-18(16)15-31/h1-5,8-10,13-14,19H,6-7,11-12,15H2,(H,29,33)(H,30,32). The number of anilines is 2. The number of carbonyl (C=O) groups is 2. The lowest BCUT2D eigenvalue weighted by atomic mass is 9.98. The zero-order chi connectivity index (χ0) is 22.9. The second kappa shape index (κ2) is 9.08. The molecule has 0 aromatic heterocycles. The monoisotopic (exact) mass is 479 g/mol. The first-order valence-electron chi connectivity index (χ1n) is 11.0. The molecule has 7 heteroatoms. The van der Waals surface area contributed by atoms with Crippen LogP contribution in [-0.4, -0.2) is 24.4 Å². The maximum Gasteiger partial charge on any atom is 0.255 e. The Bertz CT molecular complexity index is 1240. The van der Waals surface area contributed by atoms with E-state index in [0.717, 1.165) is 38.0 Å². The number of halogens is 2. The molecule has 0 unspecified atom stereocenters. The lowest BCUT2D eigenvalue weighted by Gasteiger charge is -2.32. The molecule has 1 aliphatic heterocycles. The summed E-state index contributed by atoms with van der Waals surface area (Å²) in [7, 11) is 0. The molecule has 0 spiro atoms. The fourth-order valence-electron chi connectivity index (χ4n) is 4.10. The highest BCUT2D eigenvalue weighted by Gasteiger charge is 2.27. The van der Waals surface area contributed by atoms with Gasteiger partial charge in [-0.25, -0.2) is 0 Å². The van der Waals surface area contributed by atoms with Crippen LogP contribution in [0.1, 0.15) is 44.7 Å². The molecule has 5 rings (SSSR count). The van der Waals surface area contributed by atoms with Crippen LogP contribution in [0.3, 0.4) is 0 Å². The molecule has 1 aliphatic carbocycles. The SMILES string of the molecule is O=C(Nc1ccc(N2CCc3ccccc3C2)c(C(=O)NC2CC2)c1)c1ccc(Cl)c(Cl)c1. The quantitative estimate of drug-likeness (QED) is 0.493. The smallest absolute Gasteiger partial charge is 0.255 e. The topological polar surface area (TPSA) is 61.4 Å². The van der Waals surface area contributed by atoms with Crippen LogP contribution in [0, 0.1) is 0 Å². The minimum Gasteiger partial charge on any atom is -0.366 e. The molecule has 2 aliphatic rings. The van der Waals surface area contributed by atoms with Gasteiger partial charge in [-0.05, 0) is 66.8 Å². The lowest BCUT2D eigenvalue weighted by molar-refractivity contribution is 0.0950. The van der Waals surface area contributed by atoms with Gasteiger partial charge in [0.25, 0.3) is 11.8 Å². The molecule has 1 heterocycles. The van der Waals surface area contributed by atoms with E-state index >= 15 is 0 Å². The summed E-state index contributed by atoms with van der Waals surface area (Å²) in [6.45, 7) is 1.57. The van der Waals surface area contributed by atoms with Crippen molar-refractivity contribution >= 4 is 46.4 Å². The van der Waals surface area contributed by atoms with Crippen molar-refractivity contribution in [3.8, 4) is 0 Å². The van der Waals surface area contributed by atoms with Crippen LogP contribution in [0.5, 0.6) is 0 Å². The van der Waals surface area contributed by atoms with Crippen LogP contribution >= 0.6 is 23.2 Å². The maximum absolute atomic E-state index is 13.1. The summed E-state index contributed by atoms with van der Waals surface area (Å²) in [5.74, 6) is -0.432. The van der Waals surface area contributed by atoms with Crippen molar-refractivity contribution < 1.29 is 9.59 Å². The van der Waals surface area contributed by atoms with Crippen LogP contribution in [0.15, 0.2) is 60.7 Å². The third-order valence-corrected chi connectivity index (χ3v) is 6.80. The molecule has 33 heavy (non-hydrogen) atoms. The molecule has 0 radical (unpaired) electrons. The van der Waals surface area contributed by atoms with Gasteiger partial charge in [-0.3, -0.25) is 9.59 Å². The lowest BCUT2D eigenvalue weighted by Crippen LogP contribution is -2.33.